The molecule has 2 amide bonds. The summed E-state index contributed by atoms with van der Waals surface area (Å²) >= 11 is 0. The molecule has 1 atom stereocenters. The summed E-state index contributed by atoms with van der Waals surface area (Å²) in [5.74, 6) is -2.64. The SMILES string of the molecule is Cc1c(C(=O)N(C)CC(=O)N2CCCC(C(=O)O)C2)oc2ccc(F)cc12. The van der Waals surface area contributed by atoms with Gasteiger partial charge in [0.2, 0.25) is 5.91 Å². The molecule has 0 spiro atoms. The summed E-state index contributed by atoms with van der Waals surface area (Å²) in [7, 11) is 1.48. The Morgan fingerprint density at radius 2 is 2.11 bits per heavy atom. The van der Waals surface area contributed by atoms with Crippen LogP contribution in [0.15, 0.2) is 22.6 Å². The number of aliphatic carboxylic acids is 1. The van der Waals surface area contributed by atoms with Gasteiger partial charge < -0.3 is 19.3 Å². The summed E-state index contributed by atoms with van der Waals surface area (Å²) < 4.78 is 19.0. The quantitative estimate of drug-likeness (QED) is 0.884. The van der Waals surface area contributed by atoms with Crippen LogP contribution in [0.1, 0.15) is 29.0 Å². The molecule has 1 N–H and O–H groups in total. The fraction of sp³-hybridized carbons (Fsp3) is 0.421. The Labute approximate surface area is 155 Å². The van der Waals surface area contributed by atoms with Gasteiger partial charge >= 0.3 is 5.97 Å². The van der Waals surface area contributed by atoms with Gasteiger partial charge in [-0.25, -0.2) is 4.39 Å². The second kappa shape index (κ2) is 7.38. The van der Waals surface area contributed by atoms with Crippen LogP contribution in [0.25, 0.3) is 11.0 Å². The summed E-state index contributed by atoms with van der Waals surface area (Å²) in [4.78, 5) is 39.0. The van der Waals surface area contributed by atoms with Gasteiger partial charge in [-0.2, -0.15) is 0 Å². The molecule has 1 aromatic carbocycles. The van der Waals surface area contributed by atoms with Crippen molar-refractivity contribution in [2.45, 2.75) is 19.8 Å². The third kappa shape index (κ3) is 3.79. The number of amides is 2. The first-order valence-corrected chi connectivity index (χ1v) is 8.72. The van der Waals surface area contributed by atoms with Gasteiger partial charge in [0, 0.05) is 31.1 Å². The largest absolute Gasteiger partial charge is 0.481 e. The van der Waals surface area contributed by atoms with E-state index in [1.165, 1.54) is 35.0 Å². The highest BCUT2D eigenvalue weighted by Crippen LogP contribution is 2.27. The van der Waals surface area contributed by atoms with Gasteiger partial charge in [-0.3, -0.25) is 14.4 Å². The zero-order chi connectivity index (χ0) is 19.7. The van der Waals surface area contributed by atoms with Crippen molar-refractivity contribution in [1.29, 1.82) is 0 Å². The number of hydrogen-bond donors (Lipinski definition) is 1. The van der Waals surface area contributed by atoms with Crippen molar-refractivity contribution < 1.29 is 28.3 Å². The third-order valence-electron chi connectivity index (χ3n) is 4.93. The lowest BCUT2D eigenvalue weighted by Crippen LogP contribution is -2.46. The second-order valence-electron chi connectivity index (χ2n) is 6.88. The van der Waals surface area contributed by atoms with Crippen LogP contribution in [-0.4, -0.2) is 59.4 Å². The molecule has 0 bridgehead atoms. The molecule has 0 radical (unpaired) electrons. The predicted molar refractivity (Wildman–Crippen MR) is 94.8 cm³/mol. The van der Waals surface area contributed by atoms with E-state index < -0.39 is 23.6 Å². The number of likely N-dealkylation sites (N-methyl/N-ethyl adjacent to an activating group) is 1. The standard InChI is InChI=1S/C19H21FN2O5/c1-11-14-8-13(20)5-6-15(14)27-17(11)18(24)21(2)10-16(23)22-7-3-4-12(9-22)19(25)26/h5-6,8,12H,3-4,7,9-10H2,1-2H3,(H,25,26). The van der Waals surface area contributed by atoms with Gasteiger partial charge in [-0.1, -0.05) is 0 Å². The molecule has 7 nitrogen and oxygen atoms in total. The molecular formula is C19H21FN2O5. The van der Waals surface area contributed by atoms with Crippen molar-refractivity contribution in [3.05, 3.63) is 35.3 Å². The van der Waals surface area contributed by atoms with Crippen molar-refractivity contribution in [2.75, 3.05) is 26.7 Å². The van der Waals surface area contributed by atoms with E-state index in [1.807, 2.05) is 0 Å². The highest BCUT2D eigenvalue weighted by atomic mass is 19.1. The summed E-state index contributed by atoms with van der Waals surface area (Å²) in [6.07, 6.45) is 1.16. The van der Waals surface area contributed by atoms with E-state index in [9.17, 15) is 18.8 Å². The van der Waals surface area contributed by atoms with E-state index in [2.05, 4.69) is 0 Å². The summed E-state index contributed by atoms with van der Waals surface area (Å²) in [6.45, 7) is 2.11. The number of fused-ring (bicyclic) bond motifs is 1. The lowest BCUT2D eigenvalue weighted by molar-refractivity contribution is -0.145. The number of carboxylic acids is 1. The number of likely N-dealkylation sites (tertiary alicyclic amines) is 1. The summed E-state index contributed by atoms with van der Waals surface area (Å²) in [5.41, 5.74) is 0.912. The fourth-order valence-corrected chi connectivity index (χ4v) is 3.35. The van der Waals surface area contributed by atoms with Crippen molar-refractivity contribution in [2.24, 2.45) is 5.92 Å². The number of benzene rings is 1. The van der Waals surface area contributed by atoms with E-state index in [-0.39, 0.29) is 24.8 Å². The molecule has 8 heteroatoms. The van der Waals surface area contributed by atoms with E-state index in [1.54, 1.807) is 6.92 Å². The number of carboxylic acid groups (broad SMARTS) is 1. The van der Waals surface area contributed by atoms with E-state index in [0.717, 1.165) is 0 Å². The highest BCUT2D eigenvalue weighted by Gasteiger charge is 2.30. The zero-order valence-electron chi connectivity index (χ0n) is 15.2. The van der Waals surface area contributed by atoms with Crippen LogP contribution in [-0.2, 0) is 9.59 Å². The van der Waals surface area contributed by atoms with Crippen molar-refractivity contribution >= 4 is 28.8 Å². The average Bonchev–Trinajstić information content (AvgIpc) is 2.97. The molecule has 1 unspecified atom stereocenters. The van der Waals surface area contributed by atoms with Gasteiger partial charge in [0.15, 0.2) is 5.76 Å². The summed E-state index contributed by atoms with van der Waals surface area (Å²) in [6, 6.07) is 4.01. The number of rotatable bonds is 4. The molecule has 1 saturated heterocycles. The van der Waals surface area contributed by atoms with Crippen LogP contribution in [0, 0.1) is 18.7 Å². The lowest BCUT2D eigenvalue weighted by Gasteiger charge is -2.31. The smallest absolute Gasteiger partial charge is 0.308 e. The zero-order valence-corrected chi connectivity index (χ0v) is 15.2. The molecule has 144 valence electrons. The van der Waals surface area contributed by atoms with Gasteiger partial charge in [0.25, 0.3) is 5.91 Å². The van der Waals surface area contributed by atoms with E-state index in [4.69, 9.17) is 9.52 Å². The minimum atomic E-state index is -0.915. The maximum atomic E-state index is 13.4. The molecule has 0 aliphatic carbocycles. The third-order valence-corrected chi connectivity index (χ3v) is 4.93. The number of halogens is 1. The Hall–Kier alpha value is -2.90. The first-order chi connectivity index (χ1) is 12.8. The normalized spacial score (nSPS) is 17.1. The fourth-order valence-electron chi connectivity index (χ4n) is 3.35. The molecule has 3 rings (SSSR count). The molecule has 1 aliphatic heterocycles. The minimum Gasteiger partial charge on any atom is -0.481 e. The molecule has 2 aromatic rings. The lowest BCUT2D eigenvalue weighted by atomic mass is 9.98. The Morgan fingerprint density at radius 1 is 1.37 bits per heavy atom. The maximum Gasteiger partial charge on any atom is 0.308 e. The molecule has 2 heterocycles. The van der Waals surface area contributed by atoms with Crippen molar-refractivity contribution in [3.63, 3.8) is 0 Å². The molecular weight excluding hydrogens is 355 g/mol. The minimum absolute atomic E-state index is 0.0629. The van der Waals surface area contributed by atoms with Crippen LogP contribution in [0.5, 0.6) is 0 Å². The number of carbonyl (C=O) groups excluding carboxylic acids is 2. The van der Waals surface area contributed by atoms with Gasteiger partial charge in [0.1, 0.15) is 11.4 Å². The predicted octanol–water partition coefficient (Wildman–Crippen LogP) is 2.28. The molecule has 27 heavy (non-hydrogen) atoms. The Balaban J connectivity index is 1.71. The van der Waals surface area contributed by atoms with Crippen LogP contribution < -0.4 is 0 Å². The number of hydrogen-bond acceptors (Lipinski definition) is 4. The van der Waals surface area contributed by atoms with E-state index in [0.29, 0.717) is 35.9 Å². The van der Waals surface area contributed by atoms with Gasteiger partial charge in [-0.15, -0.1) is 0 Å². The van der Waals surface area contributed by atoms with E-state index >= 15 is 0 Å². The summed E-state index contributed by atoms with van der Waals surface area (Å²) in [5, 5.41) is 9.65. The maximum absolute atomic E-state index is 13.4. The topological polar surface area (TPSA) is 91.1 Å². The van der Waals surface area contributed by atoms with Crippen LogP contribution in [0.2, 0.25) is 0 Å². The van der Waals surface area contributed by atoms with Crippen LogP contribution in [0.3, 0.4) is 0 Å². The number of aryl methyl sites for hydroxylation is 1. The number of piperidine rings is 1. The molecule has 1 fully saturated rings. The highest BCUT2D eigenvalue weighted by molar-refractivity contribution is 6.00. The van der Waals surface area contributed by atoms with Crippen LogP contribution in [0.4, 0.5) is 4.39 Å². The van der Waals surface area contributed by atoms with Crippen molar-refractivity contribution in [1.82, 2.24) is 9.80 Å². The second-order valence-corrected chi connectivity index (χ2v) is 6.88. The van der Waals surface area contributed by atoms with Gasteiger partial charge in [0.05, 0.1) is 12.5 Å². The number of carbonyl (C=O) groups is 3. The van der Waals surface area contributed by atoms with Crippen molar-refractivity contribution in [3.8, 4) is 0 Å². The molecule has 1 aromatic heterocycles. The number of nitrogens with zero attached hydrogens (tertiary/aromatic N) is 2. The Kier molecular flexibility index (Phi) is 5.16. The Bertz CT molecular complexity index is 907. The monoisotopic (exact) mass is 376 g/mol. The van der Waals surface area contributed by atoms with Crippen LogP contribution >= 0.6 is 0 Å². The Morgan fingerprint density at radius 3 is 2.81 bits per heavy atom. The molecule has 1 aliphatic rings. The van der Waals surface area contributed by atoms with Gasteiger partial charge in [-0.05, 0) is 38.0 Å². The first-order valence-electron chi connectivity index (χ1n) is 8.72. The molecule has 0 saturated carbocycles. The average molecular weight is 376 g/mol. The number of furan rings is 1. The first kappa shape index (κ1) is 18.9.